The number of halogens is 3. The third-order valence-corrected chi connectivity index (χ3v) is 3.85. The molecular weight excluding hydrogens is 347 g/mol. The highest BCUT2D eigenvalue weighted by Crippen LogP contribution is 2.29. The van der Waals surface area contributed by atoms with Crippen molar-refractivity contribution in [2.24, 2.45) is 0 Å². The van der Waals surface area contributed by atoms with E-state index in [4.69, 9.17) is 0 Å². The Morgan fingerprint density at radius 3 is 2.42 bits per heavy atom. The van der Waals surface area contributed by atoms with Crippen LogP contribution < -0.4 is 5.56 Å². The van der Waals surface area contributed by atoms with Gasteiger partial charge in [0.2, 0.25) is 0 Å². The van der Waals surface area contributed by atoms with Crippen molar-refractivity contribution < 1.29 is 18.0 Å². The second-order valence-corrected chi connectivity index (χ2v) is 5.77. The van der Waals surface area contributed by atoms with Crippen LogP contribution >= 0.6 is 0 Å². The molecule has 5 nitrogen and oxygen atoms in total. The molecule has 0 unspecified atom stereocenters. The van der Waals surface area contributed by atoms with Crippen molar-refractivity contribution in [2.45, 2.75) is 12.7 Å². The zero-order valence-electron chi connectivity index (χ0n) is 13.7. The van der Waals surface area contributed by atoms with Gasteiger partial charge in [-0.15, -0.1) is 0 Å². The first-order valence-corrected chi connectivity index (χ1v) is 7.66. The van der Waals surface area contributed by atoms with Crippen molar-refractivity contribution in [3.63, 3.8) is 0 Å². The molecule has 0 saturated carbocycles. The number of hydrogen-bond donors (Lipinski definition) is 1. The number of aromatic nitrogens is 2. The molecule has 2 aromatic carbocycles. The van der Waals surface area contributed by atoms with Crippen LogP contribution in [-0.4, -0.2) is 27.8 Å². The molecular formula is C18H14F3N3O2. The molecule has 0 atom stereocenters. The first-order chi connectivity index (χ1) is 12.3. The fourth-order valence-electron chi connectivity index (χ4n) is 2.53. The van der Waals surface area contributed by atoms with Gasteiger partial charge in [0.25, 0.3) is 11.5 Å². The van der Waals surface area contributed by atoms with E-state index < -0.39 is 17.6 Å². The fourth-order valence-corrected chi connectivity index (χ4v) is 2.53. The highest BCUT2D eigenvalue weighted by atomic mass is 19.4. The van der Waals surface area contributed by atoms with Gasteiger partial charge in [0.15, 0.2) is 0 Å². The van der Waals surface area contributed by atoms with Gasteiger partial charge in [-0.1, -0.05) is 12.1 Å². The number of nitrogens with one attached hydrogen (secondary N) is 1. The molecule has 0 spiro atoms. The average molecular weight is 361 g/mol. The lowest BCUT2D eigenvalue weighted by molar-refractivity contribution is -0.137. The van der Waals surface area contributed by atoms with Gasteiger partial charge in [-0.05, 0) is 36.4 Å². The lowest BCUT2D eigenvalue weighted by atomic mass is 10.1. The highest BCUT2D eigenvalue weighted by Gasteiger charge is 2.30. The van der Waals surface area contributed by atoms with Gasteiger partial charge in [0.1, 0.15) is 5.82 Å². The standard InChI is InChI=1S/C18H14F3N3O2/c1-24(17(26)11-6-8-12(9-7-11)18(19,20)21)10-15-22-14-5-3-2-4-13(14)16(25)23-15/h2-9H,10H2,1H3,(H,22,23,25). The van der Waals surface area contributed by atoms with E-state index in [1.54, 1.807) is 24.3 Å². The number of H-pyrrole nitrogens is 1. The minimum atomic E-state index is -4.46. The Labute approximate surface area is 146 Å². The molecule has 8 heteroatoms. The van der Waals surface area contributed by atoms with Crippen LogP contribution in [0, 0.1) is 0 Å². The van der Waals surface area contributed by atoms with Gasteiger partial charge < -0.3 is 9.88 Å². The number of benzene rings is 2. The first kappa shape index (κ1) is 17.7. The Balaban J connectivity index is 1.80. The second kappa shape index (κ2) is 6.62. The minimum absolute atomic E-state index is 0.0138. The number of alkyl halides is 3. The number of hydrogen-bond acceptors (Lipinski definition) is 3. The molecule has 0 radical (unpaired) electrons. The number of fused-ring (bicyclic) bond motifs is 1. The lowest BCUT2D eigenvalue weighted by Gasteiger charge is -2.17. The monoisotopic (exact) mass is 361 g/mol. The molecule has 0 saturated heterocycles. The smallest absolute Gasteiger partial charge is 0.334 e. The number of para-hydroxylation sites is 1. The van der Waals surface area contributed by atoms with Crippen molar-refractivity contribution in [3.05, 3.63) is 75.8 Å². The Hall–Kier alpha value is -3.16. The minimum Gasteiger partial charge on any atom is -0.334 e. The molecule has 1 aromatic heterocycles. The van der Waals surface area contributed by atoms with E-state index in [0.717, 1.165) is 24.3 Å². The van der Waals surface area contributed by atoms with Gasteiger partial charge in [-0.2, -0.15) is 13.2 Å². The quantitative estimate of drug-likeness (QED) is 0.779. The Bertz CT molecular complexity index is 1010. The number of rotatable bonds is 3. The number of nitrogens with zero attached hydrogens (tertiary/aromatic N) is 2. The molecule has 26 heavy (non-hydrogen) atoms. The maximum absolute atomic E-state index is 12.6. The number of carbonyl (C=O) groups excluding carboxylic acids is 1. The van der Waals surface area contributed by atoms with Gasteiger partial charge in [-0.3, -0.25) is 9.59 Å². The second-order valence-electron chi connectivity index (χ2n) is 5.77. The third-order valence-electron chi connectivity index (χ3n) is 3.85. The van der Waals surface area contributed by atoms with E-state index in [0.29, 0.717) is 10.9 Å². The van der Waals surface area contributed by atoms with Gasteiger partial charge in [0, 0.05) is 12.6 Å². The predicted molar refractivity (Wildman–Crippen MR) is 89.6 cm³/mol. The summed E-state index contributed by atoms with van der Waals surface area (Å²) in [7, 11) is 1.48. The maximum atomic E-state index is 12.6. The summed E-state index contributed by atoms with van der Waals surface area (Å²) in [6.45, 7) is 0.0138. The van der Waals surface area contributed by atoms with Crippen molar-refractivity contribution >= 4 is 16.8 Å². The lowest BCUT2D eigenvalue weighted by Crippen LogP contribution is -2.28. The van der Waals surface area contributed by atoms with Crippen LogP contribution in [0.15, 0.2) is 53.3 Å². The molecule has 1 heterocycles. The third kappa shape index (κ3) is 3.58. The SMILES string of the molecule is CN(Cc1nc2ccccc2c(=O)[nH]1)C(=O)c1ccc(C(F)(F)F)cc1. The molecule has 1 amide bonds. The molecule has 0 fully saturated rings. The summed E-state index contributed by atoms with van der Waals surface area (Å²) in [4.78, 5) is 32.6. The maximum Gasteiger partial charge on any atom is 0.416 e. The van der Waals surface area contributed by atoms with Crippen molar-refractivity contribution in [1.82, 2.24) is 14.9 Å². The summed E-state index contributed by atoms with van der Waals surface area (Å²) in [5.41, 5.74) is -0.525. The average Bonchev–Trinajstić information content (AvgIpc) is 2.60. The molecule has 3 rings (SSSR count). The largest absolute Gasteiger partial charge is 0.416 e. The fraction of sp³-hybridized carbons (Fsp3) is 0.167. The summed E-state index contributed by atoms with van der Waals surface area (Å²) in [6, 6.07) is 10.8. The van der Waals surface area contributed by atoms with E-state index in [1.807, 2.05) is 0 Å². The van der Waals surface area contributed by atoms with Crippen LogP contribution in [-0.2, 0) is 12.7 Å². The van der Waals surface area contributed by atoms with E-state index >= 15 is 0 Å². The Morgan fingerprint density at radius 2 is 1.77 bits per heavy atom. The Kier molecular flexibility index (Phi) is 4.50. The van der Waals surface area contributed by atoms with Crippen molar-refractivity contribution in [2.75, 3.05) is 7.05 Å². The normalized spacial score (nSPS) is 11.5. The molecule has 1 N–H and O–H groups in total. The van der Waals surface area contributed by atoms with Crippen molar-refractivity contribution in [3.8, 4) is 0 Å². The number of aromatic amines is 1. The summed E-state index contributed by atoms with van der Waals surface area (Å²) in [5, 5.41) is 0.438. The van der Waals surface area contributed by atoms with Crippen LogP contribution in [0.25, 0.3) is 10.9 Å². The predicted octanol–water partition coefficient (Wildman–Crippen LogP) is 3.21. The van der Waals surface area contributed by atoms with E-state index in [9.17, 15) is 22.8 Å². The van der Waals surface area contributed by atoms with Crippen LogP contribution in [0.3, 0.4) is 0 Å². The van der Waals surface area contributed by atoms with Crippen LogP contribution in [0.1, 0.15) is 21.7 Å². The van der Waals surface area contributed by atoms with Crippen molar-refractivity contribution in [1.29, 1.82) is 0 Å². The van der Waals surface area contributed by atoms with Crippen LogP contribution in [0.4, 0.5) is 13.2 Å². The van der Waals surface area contributed by atoms with E-state index in [-0.39, 0.29) is 23.5 Å². The molecule has 134 valence electrons. The van der Waals surface area contributed by atoms with Crippen LogP contribution in [0.5, 0.6) is 0 Å². The molecule has 0 aliphatic heterocycles. The zero-order valence-corrected chi connectivity index (χ0v) is 13.7. The summed E-state index contributed by atoms with van der Waals surface area (Å²) < 4.78 is 37.8. The highest BCUT2D eigenvalue weighted by molar-refractivity contribution is 5.94. The summed E-state index contributed by atoms with van der Waals surface area (Å²) in [5.74, 6) is -0.189. The molecule has 0 aliphatic rings. The molecule has 0 bridgehead atoms. The van der Waals surface area contributed by atoms with Crippen LogP contribution in [0.2, 0.25) is 0 Å². The molecule has 3 aromatic rings. The number of amides is 1. The summed E-state index contributed by atoms with van der Waals surface area (Å²) in [6.07, 6.45) is -4.46. The Morgan fingerprint density at radius 1 is 1.12 bits per heavy atom. The first-order valence-electron chi connectivity index (χ1n) is 7.66. The molecule has 0 aliphatic carbocycles. The summed E-state index contributed by atoms with van der Waals surface area (Å²) >= 11 is 0. The topological polar surface area (TPSA) is 66.1 Å². The number of carbonyl (C=O) groups is 1. The van der Waals surface area contributed by atoms with Gasteiger partial charge >= 0.3 is 6.18 Å². The zero-order chi connectivity index (χ0) is 18.9. The van der Waals surface area contributed by atoms with E-state index in [1.165, 1.54) is 11.9 Å². The van der Waals surface area contributed by atoms with Gasteiger partial charge in [-0.25, -0.2) is 4.98 Å². The van der Waals surface area contributed by atoms with E-state index in [2.05, 4.69) is 9.97 Å². The van der Waals surface area contributed by atoms with Gasteiger partial charge in [0.05, 0.1) is 23.0 Å².